The van der Waals surface area contributed by atoms with E-state index in [1.54, 1.807) is 12.1 Å². The summed E-state index contributed by atoms with van der Waals surface area (Å²) in [4.78, 5) is 27.8. The van der Waals surface area contributed by atoms with Crippen LogP contribution in [-0.2, 0) is 27.3 Å². The topological polar surface area (TPSA) is 81.4 Å². The van der Waals surface area contributed by atoms with Gasteiger partial charge >= 0.3 is 5.97 Å². The van der Waals surface area contributed by atoms with Crippen LogP contribution in [0.1, 0.15) is 17.9 Å². The van der Waals surface area contributed by atoms with Crippen molar-refractivity contribution in [2.75, 3.05) is 6.61 Å². The number of rotatable bonds is 7. The summed E-state index contributed by atoms with van der Waals surface area (Å²) in [5, 5.41) is 3.31. The molecule has 1 amide bonds. The SMILES string of the molecule is O=C(COC(=O)CCc1nc2ccccc2o1)NCc1ccc(Cl)cc1. The number of esters is 1. The van der Waals surface area contributed by atoms with Gasteiger partial charge in [0.15, 0.2) is 18.1 Å². The molecule has 134 valence electrons. The molecule has 3 aromatic rings. The van der Waals surface area contributed by atoms with Gasteiger partial charge in [-0.05, 0) is 29.8 Å². The Hall–Kier alpha value is -2.86. The van der Waals surface area contributed by atoms with E-state index in [9.17, 15) is 9.59 Å². The fraction of sp³-hybridized carbons (Fsp3) is 0.211. The van der Waals surface area contributed by atoms with Crippen LogP contribution >= 0.6 is 11.6 Å². The lowest BCUT2D eigenvalue weighted by atomic mass is 10.2. The minimum Gasteiger partial charge on any atom is -0.456 e. The van der Waals surface area contributed by atoms with Crippen LogP contribution in [0.2, 0.25) is 5.02 Å². The number of aryl methyl sites for hydroxylation is 1. The molecule has 0 aliphatic carbocycles. The smallest absolute Gasteiger partial charge is 0.306 e. The molecule has 2 aromatic carbocycles. The predicted molar refractivity (Wildman–Crippen MR) is 96.6 cm³/mol. The van der Waals surface area contributed by atoms with E-state index < -0.39 is 5.97 Å². The molecule has 0 spiro atoms. The molecular weight excluding hydrogens is 356 g/mol. The van der Waals surface area contributed by atoms with Crippen LogP contribution in [0.3, 0.4) is 0 Å². The first-order valence-corrected chi connectivity index (χ1v) is 8.49. The molecule has 0 fully saturated rings. The molecule has 26 heavy (non-hydrogen) atoms. The Morgan fingerprint density at radius 2 is 1.88 bits per heavy atom. The number of oxazole rings is 1. The van der Waals surface area contributed by atoms with Crippen LogP contribution in [-0.4, -0.2) is 23.5 Å². The highest BCUT2D eigenvalue weighted by Crippen LogP contribution is 2.15. The molecule has 7 heteroatoms. The summed E-state index contributed by atoms with van der Waals surface area (Å²) < 4.78 is 10.5. The van der Waals surface area contributed by atoms with Gasteiger partial charge in [0.05, 0.1) is 6.42 Å². The first kappa shape index (κ1) is 17.9. The molecule has 0 saturated carbocycles. The Bertz CT molecular complexity index is 872. The summed E-state index contributed by atoms with van der Waals surface area (Å²) in [7, 11) is 0. The lowest BCUT2D eigenvalue weighted by Crippen LogP contribution is -2.28. The van der Waals surface area contributed by atoms with Gasteiger partial charge in [-0.3, -0.25) is 9.59 Å². The molecule has 1 aromatic heterocycles. The Labute approximate surface area is 155 Å². The number of carbonyl (C=O) groups excluding carboxylic acids is 2. The maximum atomic E-state index is 11.8. The van der Waals surface area contributed by atoms with E-state index in [0.717, 1.165) is 11.1 Å². The summed E-state index contributed by atoms with van der Waals surface area (Å²) in [6.07, 6.45) is 0.414. The summed E-state index contributed by atoms with van der Waals surface area (Å²) in [6.45, 7) is 0.0242. The molecule has 3 rings (SSSR count). The first-order valence-electron chi connectivity index (χ1n) is 8.11. The molecule has 1 N–H and O–H groups in total. The lowest BCUT2D eigenvalue weighted by Gasteiger charge is -2.06. The zero-order valence-corrected chi connectivity index (χ0v) is 14.7. The van der Waals surface area contributed by atoms with Crippen molar-refractivity contribution >= 4 is 34.6 Å². The third-order valence-electron chi connectivity index (χ3n) is 3.65. The summed E-state index contributed by atoms with van der Waals surface area (Å²) in [6, 6.07) is 14.5. The van der Waals surface area contributed by atoms with Crippen LogP contribution in [0.4, 0.5) is 0 Å². The van der Waals surface area contributed by atoms with Gasteiger partial charge in [0.1, 0.15) is 5.52 Å². The maximum absolute atomic E-state index is 11.8. The minimum atomic E-state index is -0.478. The van der Waals surface area contributed by atoms with Gasteiger partial charge < -0.3 is 14.5 Å². The van der Waals surface area contributed by atoms with Gasteiger partial charge in [-0.15, -0.1) is 0 Å². The zero-order valence-electron chi connectivity index (χ0n) is 13.9. The second kappa shape index (κ2) is 8.49. The number of ether oxygens (including phenoxy) is 1. The number of amides is 1. The number of hydrogen-bond acceptors (Lipinski definition) is 5. The molecular formula is C19H17ClN2O4. The lowest BCUT2D eigenvalue weighted by molar-refractivity contribution is -0.148. The minimum absolute atomic E-state index is 0.0945. The van der Waals surface area contributed by atoms with Crippen molar-refractivity contribution in [1.82, 2.24) is 10.3 Å². The van der Waals surface area contributed by atoms with E-state index in [1.807, 2.05) is 36.4 Å². The second-order valence-electron chi connectivity index (χ2n) is 5.64. The van der Waals surface area contributed by atoms with Crippen molar-refractivity contribution in [3.8, 4) is 0 Å². The third kappa shape index (κ3) is 5.07. The number of benzene rings is 2. The van der Waals surface area contributed by atoms with E-state index in [0.29, 0.717) is 29.5 Å². The summed E-state index contributed by atoms with van der Waals surface area (Å²) >= 11 is 5.80. The molecule has 0 aliphatic heterocycles. The van der Waals surface area contributed by atoms with Crippen molar-refractivity contribution in [2.24, 2.45) is 0 Å². The highest BCUT2D eigenvalue weighted by molar-refractivity contribution is 6.30. The number of halogens is 1. The number of carbonyl (C=O) groups is 2. The molecule has 0 aliphatic rings. The van der Waals surface area contributed by atoms with Crippen LogP contribution in [0.25, 0.3) is 11.1 Å². The van der Waals surface area contributed by atoms with Gasteiger partial charge in [0, 0.05) is 18.0 Å². The molecule has 0 bridgehead atoms. The van der Waals surface area contributed by atoms with Gasteiger partial charge in [-0.2, -0.15) is 0 Å². The molecule has 0 atom stereocenters. The van der Waals surface area contributed by atoms with Crippen LogP contribution in [0.5, 0.6) is 0 Å². The van der Waals surface area contributed by atoms with Crippen molar-refractivity contribution in [1.29, 1.82) is 0 Å². The van der Waals surface area contributed by atoms with Gasteiger partial charge in [0.25, 0.3) is 5.91 Å². The number of nitrogens with zero attached hydrogens (tertiary/aromatic N) is 1. The molecule has 0 unspecified atom stereocenters. The van der Waals surface area contributed by atoms with Gasteiger partial charge in [0.2, 0.25) is 0 Å². The summed E-state index contributed by atoms with van der Waals surface area (Å²) in [5.74, 6) is -0.376. The summed E-state index contributed by atoms with van der Waals surface area (Å²) in [5.41, 5.74) is 2.33. The van der Waals surface area contributed by atoms with E-state index >= 15 is 0 Å². The van der Waals surface area contributed by atoms with E-state index in [1.165, 1.54) is 0 Å². The number of fused-ring (bicyclic) bond motifs is 1. The van der Waals surface area contributed by atoms with E-state index in [2.05, 4.69) is 10.3 Å². The Morgan fingerprint density at radius 1 is 1.12 bits per heavy atom. The largest absolute Gasteiger partial charge is 0.456 e. The average Bonchev–Trinajstić information content (AvgIpc) is 3.07. The second-order valence-corrected chi connectivity index (χ2v) is 6.08. The van der Waals surface area contributed by atoms with Crippen molar-refractivity contribution in [3.63, 3.8) is 0 Å². The molecule has 0 saturated heterocycles. The number of aromatic nitrogens is 1. The highest BCUT2D eigenvalue weighted by atomic mass is 35.5. The van der Waals surface area contributed by atoms with Crippen molar-refractivity contribution < 1.29 is 18.7 Å². The number of para-hydroxylation sites is 2. The standard InChI is InChI=1S/C19H17ClN2O4/c20-14-7-5-13(6-8-14)11-21-17(23)12-25-19(24)10-9-18-22-15-3-1-2-4-16(15)26-18/h1-8H,9-12H2,(H,21,23). The fourth-order valence-corrected chi connectivity index (χ4v) is 2.43. The first-order chi connectivity index (χ1) is 12.6. The van der Waals surface area contributed by atoms with E-state index in [4.69, 9.17) is 20.8 Å². The van der Waals surface area contributed by atoms with E-state index in [-0.39, 0.29) is 18.9 Å². The number of hydrogen-bond donors (Lipinski definition) is 1. The number of nitrogens with one attached hydrogen (secondary N) is 1. The normalized spacial score (nSPS) is 10.7. The van der Waals surface area contributed by atoms with Gasteiger partial charge in [-0.25, -0.2) is 4.98 Å². The molecule has 1 heterocycles. The van der Waals surface area contributed by atoms with Crippen LogP contribution < -0.4 is 5.32 Å². The van der Waals surface area contributed by atoms with Crippen molar-refractivity contribution in [2.45, 2.75) is 19.4 Å². The molecule has 0 radical (unpaired) electrons. The quantitative estimate of drug-likeness (QED) is 0.644. The Kier molecular flexibility index (Phi) is 5.86. The predicted octanol–water partition coefficient (Wildman–Crippen LogP) is 3.27. The third-order valence-corrected chi connectivity index (χ3v) is 3.90. The molecule has 6 nitrogen and oxygen atoms in total. The maximum Gasteiger partial charge on any atom is 0.306 e. The van der Waals surface area contributed by atoms with Gasteiger partial charge in [-0.1, -0.05) is 35.9 Å². The van der Waals surface area contributed by atoms with Crippen LogP contribution in [0.15, 0.2) is 52.9 Å². The monoisotopic (exact) mass is 372 g/mol. The Morgan fingerprint density at radius 3 is 2.65 bits per heavy atom. The van der Waals surface area contributed by atoms with Crippen LogP contribution in [0, 0.1) is 0 Å². The van der Waals surface area contributed by atoms with Crippen molar-refractivity contribution in [3.05, 3.63) is 65.0 Å². The fourth-order valence-electron chi connectivity index (χ4n) is 2.31. The average molecular weight is 373 g/mol. The highest BCUT2D eigenvalue weighted by Gasteiger charge is 2.11. The Balaban J connectivity index is 1.37. The zero-order chi connectivity index (χ0) is 18.4.